The van der Waals surface area contributed by atoms with Crippen molar-refractivity contribution in [3.05, 3.63) is 191 Å². The molecule has 0 spiro atoms. The third-order valence-electron chi connectivity index (χ3n) is 14.4. The fourth-order valence-corrected chi connectivity index (χ4v) is 10.1. The van der Waals surface area contributed by atoms with E-state index in [-0.39, 0.29) is 33.0 Å². The number of benzene rings is 7. The lowest BCUT2D eigenvalue weighted by Crippen LogP contribution is -2.17. The number of imidazole rings is 1. The van der Waals surface area contributed by atoms with E-state index in [0.29, 0.717) is 28.1 Å². The van der Waals surface area contributed by atoms with Crippen LogP contribution in [0.1, 0.15) is 141 Å². The molecule has 1 N–H and O–H groups in total. The Morgan fingerprint density at radius 2 is 1.05 bits per heavy atom. The number of nitrogens with zero attached hydrogens (tertiary/aromatic N) is 3. The first-order chi connectivity index (χ1) is 35.4. The monoisotopic (exact) mass is 965 g/mol. The molecule has 2 aromatic heterocycles. The van der Waals surface area contributed by atoms with Crippen LogP contribution in [0.3, 0.4) is 0 Å². The summed E-state index contributed by atoms with van der Waals surface area (Å²) >= 11 is 0. The zero-order valence-corrected chi connectivity index (χ0v) is 45.8. The minimum Gasteiger partial charge on any atom is -0.507 e. The summed E-state index contributed by atoms with van der Waals surface area (Å²) in [5, 5.41) is 12.7. The molecule has 0 fully saturated rings. The smallest absolute Gasteiger partial charge is 0.149 e. The molecule has 4 nitrogen and oxygen atoms in total. The van der Waals surface area contributed by atoms with Crippen molar-refractivity contribution < 1.29 is 9.22 Å². The number of phenolic OH excluding ortho intramolecular Hbond substituents is 1. The summed E-state index contributed by atoms with van der Waals surface area (Å²) in [4.78, 5) is 10.6. The van der Waals surface area contributed by atoms with Gasteiger partial charge < -0.3 is 5.11 Å². The Kier molecular flexibility index (Phi) is 11.9. The quantitative estimate of drug-likeness (QED) is 0.173. The van der Waals surface area contributed by atoms with Crippen LogP contribution in [0.4, 0.5) is 0 Å². The van der Waals surface area contributed by atoms with Crippen LogP contribution in [-0.2, 0) is 27.1 Å². The van der Waals surface area contributed by atoms with Gasteiger partial charge in [0, 0.05) is 27.0 Å². The van der Waals surface area contributed by atoms with Crippen LogP contribution in [0.2, 0.25) is 0 Å². The lowest BCUT2D eigenvalue weighted by atomic mass is 9.78. The molecule has 0 radical (unpaired) electrons. The van der Waals surface area contributed by atoms with E-state index in [1.807, 2.05) is 59.3 Å². The van der Waals surface area contributed by atoms with E-state index in [1.54, 1.807) is 0 Å². The number of phenols is 1. The predicted octanol–water partition coefficient (Wildman–Crippen LogP) is 18.9. The van der Waals surface area contributed by atoms with Gasteiger partial charge in [-0.2, -0.15) is 0 Å². The molecule has 0 aliphatic carbocycles. The van der Waals surface area contributed by atoms with Crippen LogP contribution in [0.25, 0.3) is 83.9 Å². The average molecular weight is 965 g/mol. The Hall–Kier alpha value is -7.04. The average Bonchev–Trinajstić information content (AvgIpc) is 3.79. The van der Waals surface area contributed by atoms with E-state index in [2.05, 4.69) is 207 Å². The highest BCUT2D eigenvalue weighted by Gasteiger charge is 2.30. The van der Waals surface area contributed by atoms with Gasteiger partial charge in [-0.05, 0) is 149 Å². The zero-order valence-electron chi connectivity index (χ0n) is 48.8. The summed E-state index contributed by atoms with van der Waals surface area (Å²) in [6.07, 6.45) is 1.89. The lowest BCUT2D eigenvalue weighted by molar-refractivity contribution is 0.446. The van der Waals surface area contributed by atoms with Crippen LogP contribution in [0.15, 0.2) is 158 Å². The molecule has 0 unspecified atom stereocenters. The Bertz CT molecular complexity index is 3640. The number of aromatic nitrogens is 3. The molecule has 2 heterocycles. The molecular weight excluding hydrogens is 887 g/mol. The Labute approximate surface area is 440 Å². The molecule has 0 bridgehead atoms. The van der Waals surface area contributed by atoms with Crippen molar-refractivity contribution in [1.82, 2.24) is 14.5 Å². The van der Waals surface area contributed by atoms with Crippen molar-refractivity contribution in [2.45, 2.75) is 138 Å². The van der Waals surface area contributed by atoms with Crippen molar-refractivity contribution in [2.24, 2.45) is 0 Å². The number of hydrogen-bond acceptors (Lipinski definition) is 3. The first-order valence-electron chi connectivity index (χ1n) is 27.4. The molecule has 0 amide bonds. The van der Waals surface area contributed by atoms with Crippen molar-refractivity contribution in [1.29, 1.82) is 0 Å². The minimum absolute atomic E-state index is 0.0474. The molecule has 9 aromatic rings. The second-order valence-electron chi connectivity index (χ2n) is 25.2. The standard InChI is InChI=1S/C69H75N3O/c1-43-36-47(61-53(45-22-18-17-19-23-45)24-20-26-56(61)68(11,12)13)30-33-59(43)72-60-27-21-25-54(62(60)71-64(72)55-41-52(67(8,9)10)42-57(63(55)73)69(14,15)16)48-37-49(39-51(38-48)66(5,6)7)58-40-46(34-35-70-58)44-28-31-50(32-29-44)65(2,3)4/h17-42,73H,1-16H3/i1D3. The highest BCUT2D eigenvalue weighted by molar-refractivity contribution is 5.97. The molecule has 0 aliphatic heterocycles. The third kappa shape index (κ3) is 10.1. The van der Waals surface area contributed by atoms with Crippen molar-refractivity contribution in [3.8, 4) is 78.6 Å². The maximum atomic E-state index is 12.7. The Morgan fingerprint density at radius 1 is 0.438 bits per heavy atom. The summed E-state index contributed by atoms with van der Waals surface area (Å²) in [7, 11) is 0. The normalized spacial score (nSPS) is 13.5. The number of para-hydroxylation sites is 1. The number of hydrogen-bond donors (Lipinski definition) is 1. The summed E-state index contributed by atoms with van der Waals surface area (Å²) < 4.78 is 30.0. The predicted molar refractivity (Wildman–Crippen MR) is 311 cm³/mol. The molecule has 372 valence electrons. The number of aromatic hydroxyl groups is 1. The highest BCUT2D eigenvalue weighted by atomic mass is 16.3. The minimum atomic E-state index is -2.56. The fourth-order valence-electron chi connectivity index (χ4n) is 10.1. The molecule has 7 aromatic carbocycles. The molecule has 73 heavy (non-hydrogen) atoms. The molecule has 0 saturated heterocycles. The number of aryl methyl sites for hydroxylation is 1. The van der Waals surface area contributed by atoms with Gasteiger partial charge in [-0.3, -0.25) is 9.55 Å². The second kappa shape index (κ2) is 18.5. The topological polar surface area (TPSA) is 50.9 Å². The van der Waals surface area contributed by atoms with Gasteiger partial charge in [0.1, 0.15) is 11.6 Å². The number of fused-ring (bicyclic) bond motifs is 1. The summed E-state index contributed by atoms with van der Waals surface area (Å²) in [6.45, 7) is 30.3. The lowest BCUT2D eigenvalue weighted by Gasteiger charge is -2.28. The first-order valence-corrected chi connectivity index (χ1v) is 25.9. The van der Waals surface area contributed by atoms with E-state index in [4.69, 9.17) is 9.97 Å². The molecule has 0 atom stereocenters. The Morgan fingerprint density at radius 3 is 1.70 bits per heavy atom. The highest BCUT2D eigenvalue weighted by Crippen LogP contribution is 2.47. The fraction of sp³-hybridized carbons (Fsp3) is 0.304. The molecule has 4 heteroatoms. The first kappa shape index (κ1) is 47.0. The van der Waals surface area contributed by atoms with Crippen LogP contribution in [-0.4, -0.2) is 19.6 Å². The van der Waals surface area contributed by atoms with Crippen LogP contribution < -0.4 is 0 Å². The second-order valence-corrected chi connectivity index (χ2v) is 25.2. The van der Waals surface area contributed by atoms with Gasteiger partial charge >= 0.3 is 0 Å². The van der Waals surface area contributed by atoms with E-state index in [1.165, 1.54) is 5.56 Å². The van der Waals surface area contributed by atoms with Crippen LogP contribution in [0, 0.1) is 6.85 Å². The Balaban J connectivity index is 1.34. The van der Waals surface area contributed by atoms with E-state index >= 15 is 0 Å². The summed E-state index contributed by atoms with van der Waals surface area (Å²) in [5.41, 5.74) is 16.5. The van der Waals surface area contributed by atoms with Crippen LogP contribution >= 0.6 is 0 Å². The molecular formula is C69H75N3O. The van der Waals surface area contributed by atoms with Gasteiger partial charge in [0.25, 0.3) is 0 Å². The van der Waals surface area contributed by atoms with Crippen molar-refractivity contribution in [3.63, 3.8) is 0 Å². The molecule has 0 saturated carbocycles. The van der Waals surface area contributed by atoms with Crippen molar-refractivity contribution in [2.75, 3.05) is 0 Å². The number of pyridine rings is 1. The molecule has 0 aliphatic rings. The van der Waals surface area contributed by atoms with Gasteiger partial charge in [-0.25, -0.2) is 4.98 Å². The van der Waals surface area contributed by atoms with E-state index in [9.17, 15) is 9.22 Å². The van der Waals surface area contributed by atoms with Gasteiger partial charge in [0.15, 0.2) is 0 Å². The number of rotatable bonds is 7. The molecule has 9 rings (SSSR count). The maximum Gasteiger partial charge on any atom is 0.149 e. The van der Waals surface area contributed by atoms with Crippen LogP contribution in [0.5, 0.6) is 5.75 Å². The van der Waals surface area contributed by atoms with Gasteiger partial charge in [0.2, 0.25) is 0 Å². The largest absolute Gasteiger partial charge is 0.507 e. The third-order valence-corrected chi connectivity index (χ3v) is 14.4. The van der Waals surface area contributed by atoms with Gasteiger partial charge in [-0.1, -0.05) is 207 Å². The summed E-state index contributed by atoms with van der Waals surface area (Å²) in [6, 6.07) is 52.6. The maximum absolute atomic E-state index is 12.7. The van der Waals surface area contributed by atoms with Gasteiger partial charge in [0.05, 0.1) is 28.0 Å². The van der Waals surface area contributed by atoms with E-state index < -0.39 is 12.3 Å². The summed E-state index contributed by atoms with van der Waals surface area (Å²) in [5.74, 6) is 0.571. The van der Waals surface area contributed by atoms with Crippen molar-refractivity contribution >= 4 is 11.0 Å². The van der Waals surface area contributed by atoms with Gasteiger partial charge in [-0.15, -0.1) is 0 Å². The van der Waals surface area contributed by atoms with E-state index in [0.717, 1.165) is 78.0 Å². The SMILES string of the molecule is [2H]C([2H])([2H])c1cc(-c2c(-c3ccccc3)cccc2C(C)(C)C)ccc1-n1c(-c2cc(C(C)(C)C)cc(C(C)(C)C)c2O)nc2c(-c3cc(-c4cc(-c5ccc(C(C)(C)C)cc5)ccn4)cc(C(C)(C)C)c3)cccc21. The zero-order chi connectivity index (χ0) is 55.1.